The maximum absolute atomic E-state index is 12.2. The molecule has 2 rings (SSSR count). The van der Waals surface area contributed by atoms with Gasteiger partial charge < -0.3 is 24.8 Å². The molecule has 2 amide bonds. The lowest BCUT2D eigenvalue weighted by Gasteiger charge is -2.13. The Balaban J connectivity index is 1.81. The first-order chi connectivity index (χ1) is 17.2. The number of hydrogen-bond donors (Lipinski definition) is 2. The maximum Gasteiger partial charge on any atom is 0.331 e. The quantitative estimate of drug-likeness (QED) is 0.240. The zero-order valence-corrected chi connectivity index (χ0v) is 21.7. The van der Waals surface area contributed by atoms with Gasteiger partial charge in [-0.25, -0.2) is 4.79 Å². The summed E-state index contributed by atoms with van der Waals surface area (Å²) in [6, 6.07) is 9.32. The number of nitrogens with one attached hydrogen (secondary N) is 2. The predicted octanol–water partition coefficient (Wildman–Crippen LogP) is 4.50. The zero-order chi connectivity index (χ0) is 26.5. The molecule has 0 saturated heterocycles. The normalized spacial score (nSPS) is 10.7. The van der Waals surface area contributed by atoms with Gasteiger partial charge in [-0.15, -0.1) is 0 Å². The molecule has 0 bridgehead atoms. The first-order valence-corrected chi connectivity index (χ1v) is 12.1. The van der Waals surface area contributed by atoms with Crippen LogP contribution in [0.15, 0.2) is 36.4 Å². The summed E-state index contributed by atoms with van der Waals surface area (Å²) >= 11 is 0. The smallest absolute Gasteiger partial charge is 0.331 e. The van der Waals surface area contributed by atoms with Crippen molar-refractivity contribution in [3.8, 4) is 11.5 Å². The highest BCUT2D eigenvalue weighted by Crippen LogP contribution is 2.29. The van der Waals surface area contributed by atoms with Gasteiger partial charge >= 0.3 is 5.97 Å². The molecule has 0 saturated carbocycles. The molecule has 8 heteroatoms. The number of anilines is 1. The molecule has 0 aliphatic carbocycles. The van der Waals surface area contributed by atoms with Crippen molar-refractivity contribution in [3.05, 3.63) is 58.7 Å². The third-order valence-corrected chi connectivity index (χ3v) is 5.17. The molecule has 194 valence electrons. The summed E-state index contributed by atoms with van der Waals surface area (Å²) in [5.41, 5.74) is 4.45. The second kappa shape index (κ2) is 14.6. The van der Waals surface area contributed by atoms with Crippen molar-refractivity contribution >= 4 is 29.5 Å². The summed E-state index contributed by atoms with van der Waals surface area (Å²) in [5.74, 6) is -0.369. The van der Waals surface area contributed by atoms with Crippen LogP contribution in [-0.4, -0.2) is 44.1 Å². The summed E-state index contributed by atoms with van der Waals surface area (Å²) in [4.78, 5) is 36.2. The highest BCUT2D eigenvalue weighted by atomic mass is 16.5. The molecular formula is C28H36N2O6. The topological polar surface area (TPSA) is 103 Å². The fraction of sp³-hybridized carbons (Fsp3) is 0.393. The second-order valence-corrected chi connectivity index (χ2v) is 8.38. The average Bonchev–Trinajstić information content (AvgIpc) is 2.83. The van der Waals surface area contributed by atoms with Crippen LogP contribution in [0.2, 0.25) is 0 Å². The van der Waals surface area contributed by atoms with Crippen LogP contribution in [-0.2, 0) is 19.1 Å². The fourth-order valence-electron chi connectivity index (χ4n) is 3.48. The Morgan fingerprint density at radius 2 is 1.64 bits per heavy atom. The third kappa shape index (κ3) is 9.44. The van der Waals surface area contributed by atoms with E-state index < -0.39 is 18.5 Å². The number of carbonyl (C=O) groups is 3. The average molecular weight is 497 g/mol. The Kier molecular flexibility index (Phi) is 11.5. The Bertz CT molecular complexity index is 1070. The van der Waals surface area contributed by atoms with Crippen molar-refractivity contribution in [2.24, 2.45) is 0 Å². The Labute approximate surface area is 213 Å². The molecule has 0 heterocycles. The van der Waals surface area contributed by atoms with Gasteiger partial charge in [0.1, 0.15) is 0 Å². The first-order valence-electron chi connectivity index (χ1n) is 12.1. The van der Waals surface area contributed by atoms with Crippen molar-refractivity contribution in [1.29, 1.82) is 0 Å². The number of amides is 2. The summed E-state index contributed by atoms with van der Waals surface area (Å²) in [6.45, 7) is 10.1. The number of ether oxygens (including phenoxy) is 3. The standard InChI is InChI=1S/C28H36N2O6/c1-6-8-13-35-23-11-9-22(16-24(23)34-7-2)10-12-27(33)36-18-26(32)29-17-25(31)30-28-20(4)14-19(3)15-21(28)5/h9-12,14-16H,6-8,13,17-18H2,1-5H3,(H,29,32)(H,30,31)/b12-10+. The van der Waals surface area contributed by atoms with E-state index in [-0.39, 0.29) is 12.5 Å². The predicted molar refractivity (Wildman–Crippen MR) is 140 cm³/mol. The van der Waals surface area contributed by atoms with E-state index in [1.165, 1.54) is 6.08 Å². The summed E-state index contributed by atoms with van der Waals surface area (Å²) in [5, 5.41) is 5.25. The Morgan fingerprint density at radius 3 is 2.31 bits per heavy atom. The lowest BCUT2D eigenvalue weighted by molar-refractivity contribution is -0.143. The molecule has 0 radical (unpaired) electrons. The van der Waals surface area contributed by atoms with Crippen molar-refractivity contribution in [1.82, 2.24) is 5.32 Å². The van der Waals surface area contributed by atoms with E-state index in [0.29, 0.717) is 24.7 Å². The van der Waals surface area contributed by atoms with Crippen LogP contribution in [0.25, 0.3) is 6.08 Å². The molecule has 2 N–H and O–H groups in total. The molecule has 2 aromatic carbocycles. The lowest BCUT2D eigenvalue weighted by Crippen LogP contribution is -2.35. The number of carbonyl (C=O) groups excluding carboxylic acids is 3. The zero-order valence-electron chi connectivity index (χ0n) is 21.7. The van der Waals surface area contributed by atoms with Crippen molar-refractivity contribution in [2.45, 2.75) is 47.5 Å². The van der Waals surface area contributed by atoms with Gasteiger partial charge in [0.15, 0.2) is 18.1 Å². The van der Waals surface area contributed by atoms with E-state index in [1.54, 1.807) is 24.3 Å². The van der Waals surface area contributed by atoms with Crippen LogP contribution in [0, 0.1) is 20.8 Å². The van der Waals surface area contributed by atoms with Crippen LogP contribution < -0.4 is 20.1 Å². The molecule has 0 atom stereocenters. The fourth-order valence-corrected chi connectivity index (χ4v) is 3.48. The van der Waals surface area contributed by atoms with E-state index in [4.69, 9.17) is 14.2 Å². The molecule has 8 nitrogen and oxygen atoms in total. The highest BCUT2D eigenvalue weighted by molar-refractivity contribution is 5.96. The number of unbranched alkanes of at least 4 members (excludes halogenated alkanes) is 1. The third-order valence-electron chi connectivity index (χ3n) is 5.17. The van der Waals surface area contributed by atoms with Gasteiger partial charge in [-0.2, -0.15) is 0 Å². The van der Waals surface area contributed by atoms with Crippen LogP contribution in [0.4, 0.5) is 5.69 Å². The van der Waals surface area contributed by atoms with Crippen LogP contribution in [0.1, 0.15) is 48.9 Å². The lowest BCUT2D eigenvalue weighted by atomic mass is 10.1. The van der Waals surface area contributed by atoms with E-state index in [2.05, 4.69) is 17.6 Å². The minimum Gasteiger partial charge on any atom is -0.490 e. The minimum atomic E-state index is -0.679. The van der Waals surface area contributed by atoms with E-state index in [1.807, 2.05) is 39.8 Å². The van der Waals surface area contributed by atoms with Crippen LogP contribution in [0.5, 0.6) is 11.5 Å². The molecule has 0 fully saturated rings. The molecule has 36 heavy (non-hydrogen) atoms. The van der Waals surface area contributed by atoms with E-state index in [9.17, 15) is 14.4 Å². The highest BCUT2D eigenvalue weighted by Gasteiger charge is 2.11. The number of benzene rings is 2. The summed E-state index contributed by atoms with van der Waals surface area (Å²) in [7, 11) is 0. The van der Waals surface area contributed by atoms with Gasteiger partial charge in [-0.3, -0.25) is 9.59 Å². The molecule has 0 aliphatic rings. The molecule has 2 aromatic rings. The molecule has 0 spiro atoms. The SMILES string of the molecule is CCCCOc1ccc(/C=C/C(=O)OCC(=O)NCC(=O)Nc2c(C)cc(C)cc2C)cc1OCC. The van der Waals surface area contributed by atoms with Crippen molar-refractivity contribution in [2.75, 3.05) is 31.7 Å². The molecular weight excluding hydrogens is 460 g/mol. The van der Waals surface area contributed by atoms with E-state index in [0.717, 1.165) is 40.8 Å². The molecule has 0 aromatic heterocycles. The van der Waals surface area contributed by atoms with Gasteiger partial charge in [-0.05, 0) is 69.0 Å². The van der Waals surface area contributed by atoms with Gasteiger partial charge in [0, 0.05) is 11.8 Å². The van der Waals surface area contributed by atoms with Gasteiger partial charge in [-0.1, -0.05) is 37.1 Å². The summed E-state index contributed by atoms with van der Waals surface area (Å²) in [6.07, 6.45) is 4.78. The number of aryl methyl sites for hydroxylation is 3. The maximum atomic E-state index is 12.2. The van der Waals surface area contributed by atoms with Crippen LogP contribution in [0.3, 0.4) is 0 Å². The van der Waals surface area contributed by atoms with Gasteiger partial charge in [0.2, 0.25) is 5.91 Å². The minimum absolute atomic E-state index is 0.230. The first kappa shape index (κ1) is 28.4. The number of rotatable bonds is 13. The Morgan fingerprint density at radius 1 is 0.917 bits per heavy atom. The van der Waals surface area contributed by atoms with Crippen molar-refractivity contribution < 1.29 is 28.6 Å². The monoisotopic (exact) mass is 496 g/mol. The van der Waals surface area contributed by atoms with E-state index >= 15 is 0 Å². The largest absolute Gasteiger partial charge is 0.490 e. The second-order valence-electron chi connectivity index (χ2n) is 8.38. The number of hydrogen-bond acceptors (Lipinski definition) is 6. The Hall–Kier alpha value is -3.81. The van der Waals surface area contributed by atoms with Crippen molar-refractivity contribution in [3.63, 3.8) is 0 Å². The van der Waals surface area contributed by atoms with Gasteiger partial charge in [0.25, 0.3) is 5.91 Å². The number of esters is 1. The van der Waals surface area contributed by atoms with Gasteiger partial charge in [0.05, 0.1) is 19.8 Å². The molecule has 0 unspecified atom stereocenters. The van der Waals surface area contributed by atoms with Crippen LogP contribution >= 0.6 is 0 Å². The molecule has 0 aliphatic heterocycles. The summed E-state index contributed by atoms with van der Waals surface area (Å²) < 4.78 is 16.4.